The minimum absolute atomic E-state index is 0.141. The molecule has 7 aromatic rings. The van der Waals surface area contributed by atoms with Crippen molar-refractivity contribution in [3.05, 3.63) is 161 Å². The summed E-state index contributed by atoms with van der Waals surface area (Å²) in [6.07, 6.45) is -1.46. The number of anilines is 5. The van der Waals surface area contributed by atoms with Gasteiger partial charge in [0.1, 0.15) is 16.8 Å². The van der Waals surface area contributed by atoms with Crippen LogP contribution in [0.15, 0.2) is 143 Å². The molecule has 0 fully saturated rings. The van der Waals surface area contributed by atoms with Crippen molar-refractivity contribution in [2.75, 3.05) is 26.6 Å². The normalized spacial score (nSPS) is 12.7. The number of ether oxygens (including phenoxy) is 2. The van der Waals surface area contributed by atoms with Crippen molar-refractivity contribution in [1.82, 2.24) is 0 Å². The standard InChI is InChI=1S/C52H45N5O9/c1-51(2,3)65-49(62)55-40-23-33-19-36(25-40)47(60)54-39-15-9-12-31(22-39)34-20-37(26-41(24-34)56-50(63)66-52(4,5)6)48(61)57-43-27-35(28-44-42(43)16-17-45(58)64-44)29-10-7-13-32(18-29)46(59)53-38-14-8-11-30(33)21-38/h7-28H,1-6H3,(H,53,59)(H,54,60)(H,55,62)(H,56,63)(H,57,61). The Morgan fingerprint density at radius 3 is 1.41 bits per heavy atom. The number of rotatable bonds is 2. The fourth-order valence-electron chi connectivity index (χ4n) is 7.28. The number of nitrogens with one attached hydrogen (secondary N) is 5. The number of benzene rings is 6. The number of carbonyl (C=O) groups excluding carboxylic acids is 5. The summed E-state index contributed by atoms with van der Waals surface area (Å²) in [7, 11) is 0. The van der Waals surface area contributed by atoms with Crippen LogP contribution in [0, 0.1) is 0 Å². The molecule has 6 aromatic carbocycles. The number of fused-ring (bicyclic) bond motifs is 17. The van der Waals surface area contributed by atoms with Crippen LogP contribution in [-0.4, -0.2) is 41.1 Å². The molecule has 14 heteroatoms. The van der Waals surface area contributed by atoms with Gasteiger partial charge in [-0.15, -0.1) is 0 Å². The highest BCUT2D eigenvalue weighted by Crippen LogP contribution is 2.34. The van der Waals surface area contributed by atoms with Crippen LogP contribution in [0.25, 0.3) is 44.3 Å². The third-order valence-corrected chi connectivity index (χ3v) is 10.0. The zero-order chi connectivity index (χ0) is 46.9. The SMILES string of the molecule is CC(C)(C)OC(=O)Nc1cc2cc(c1)-c1cccc(c1)NC(=O)c1cccc(c1)-c1cc(c3ccc(=O)oc3c1)NC(=O)c1cc(NC(=O)OC(C)(C)C)cc(c1)-c1cccc(c1)NC2=O. The Labute approximate surface area is 379 Å². The van der Waals surface area contributed by atoms with Gasteiger partial charge in [-0.1, -0.05) is 36.4 Å². The Kier molecular flexibility index (Phi) is 11.7. The topological polar surface area (TPSA) is 194 Å². The number of amides is 5. The molecule has 332 valence electrons. The maximum Gasteiger partial charge on any atom is 0.412 e. The second kappa shape index (κ2) is 17.6. The van der Waals surface area contributed by atoms with E-state index in [1.807, 2.05) is 6.07 Å². The van der Waals surface area contributed by atoms with Crippen LogP contribution in [0.5, 0.6) is 0 Å². The van der Waals surface area contributed by atoms with Gasteiger partial charge in [0, 0.05) is 50.9 Å². The maximum absolute atomic E-state index is 14.4. The Morgan fingerprint density at radius 2 is 0.879 bits per heavy atom. The summed E-state index contributed by atoms with van der Waals surface area (Å²) in [5, 5.41) is 14.8. The summed E-state index contributed by atoms with van der Waals surface area (Å²) >= 11 is 0. The van der Waals surface area contributed by atoms with Crippen molar-refractivity contribution in [1.29, 1.82) is 0 Å². The summed E-state index contributed by atoms with van der Waals surface area (Å²) in [4.78, 5) is 80.9. The van der Waals surface area contributed by atoms with Gasteiger partial charge in [0.2, 0.25) is 0 Å². The molecule has 12 bridgehead atoms. The maximum atomic E-state index is 14.4. The van der Waals surface area contributed by atoms with E-state index in [0.717, 1.165) is 0 Å². The summed E-state index contributed by atoms with van der Waals surface area (Å²) in [6, 6.07) is 36.7. The molecule has 0 saturated carbocycles. The quantitative estimate of drug-likeness (QED) is 0.105. The first-order valence-electron chi connectivity index (χ1n) is 20.9. The van der Waals surface area contributed by atoms with Crippen LogP contribution in [0.4, 0.5) is 38.0 Å². The lowest BCUT2D eigenvalue weighted by atomic mass is 9.99. The molecule has 1 aliphatic rings. The Hall–Kier alpha value is -8.52. The summed E-state index contributed by atoms with van der Waals surface area (Å²) in [5.41, 5.74) is 3.70. The van der Waals surface area contributed by atoms with E-state index in [1.165, 1.54) is 18.2 Å². The molecule has 0 radical (unpaired) electrons. The largest absolute Gasteiger partial charge is 0.444 e. The summed E-state index contributed by atoms with van der Waals surface area (Å²) in [6.45, 7) is 10.4. The van der Waals surface area contributed by atoms with Gasteiger partial charge in [0.15, 0.2) is 0 Å². The lowest BCUT2D eigenvalue weighted by Crippen LogP contribution is -2.27. The molecule has 66 heavy (non-hydrogen) atoms. The van der Waals surface area contributed by atoms with Gasteiger partial charge in [-0.05, 0) is 166 Å². The monoisotopic (exact) mass is 883 g/mol. The van der Waals surface area contributed by atoms with Crippen molar-refractivity contribution in [3.63, 3.8) is 0 Å². The Balaban J connectivity index is 1.28. The molecule has 8 rings (SSSR count). The fraction of sp³-hybridized carbons (Fsp3) is 0.154. The smallest absolute Gasteiger partial charge is 0.412 e. The van der Waals surface area contributed by atoms with Crippen molar-refractivity contribution in [2.24, 2.45) is 0 Å². The molecule has 0 atom stereocenters. The number of carbonyl (C=O) groups is 5. The Bertz CT molecular complexity index is 3180. The molecular formula is C52H45N5O9. The van der Waals surface area contributed by atoms with Gasteiger partial charge in [0.05, 0.1) is 5.69 Å². The highest BCUT2D eigenvalue weighted by atomic mass is 16.6. The van der Waals surface area contributed by atoms with Gasteiger partial charge >= 0.3 is 17.8 Å². The van der Waals surface area contributed by atoms with E-state index in [9.17, 15) is 28.8 Å². The average Bonchev–Trinajstić information content (AvgIpc) is 3.24. The van der Waals surface area contributed by atoms with E-state index < -0.39 is 46.7 Å². The van der Waals surface area contributed by atoms with E-state index in [2.05, 4.69) is 26.6 Å². The van der Waals surface area contributed by atoms with E-state index in [-0.39, 0.29) is 28.1 Å². The fourth-order valence-corrected chi connectivity index (χ4v) is 7.28. The zero-order valence-electron chi connectivity index (χ0n) is 36.9. The third kappa shape index (κ3) is 10.6. The van der Waals surface area contributed by atoms with E-state index >= 15 is 0 Å². The van der Waals surface area contributed by atoms with Gasteiger partial charge in [-0.25, -0.2) is 14.4 Å². The average molecular weight is 884 g/mol. The molecule has 0 unspecified atom stereocenters. The number of hydrogen-bond acceptors (Lipinski definition) is 9. The lowest BCUT2D eigenvalue weighted by molar-refractivity contribution is 0.0624. The molecule has 0 aliphatic carbocycles. The Morgan fingerprint density at radius 1 is 0.455 bits per heavy atom. The second-order valence-electron chi connectivity index (χ2n) is 17.6. The van der Waals surface area contributed by atoms with E-state index in [0.29, 0.717) is 61.4 Å². The first kappa shape index (κ1) is 44.1. The van der Waals surface area contributed by atoms with Crippen molar-refractivity contribution >= 4 is 69.3 Å². The molecule has 1 aliphatic heterocycles. The first-order valence-corrected chi connectivity index (χ1v) is 20.9. The van der Waals surface area contributed by atoms with Gasteiger partial charge in [-0.2, -0.15) is 0 Å². The molecule has 1 aromatic heterocycles. The van der Waals surface area contributed by atoms with Crippen LogP contribution in [0.2, 0.25) is 0 Å². The minimum atomic E-state index is -0.814. The molecule has 2 heterocycles. The molecule has 14 nitrogen and oxygen atoms in total. The molecule has 5 N–H and O–H groups in total. The number of hydrogen-bond donors (Lipinski definition) is 5. The highest BCUT2D eigenvalue weighted by molar-refractivity contribution is 6.11. The van der Waals surface area contributed by atoms with Gasteiger partial charge in [-0.3, -0.25) is 25.0 Å². The van der Waals surface area contributed by atoms with Crippen LogP contribution < -0.4 is 32.2 Å². The molecule has 0 spiro atoms. The molecule has 5 amide bonds. The van der Waals surface area contributed by atoms with Crippen molar-refractivity contribution in [2.45, 2.75) is 52.7 Å². The highest BCUT2D eigenvalue weighted by Gasteiger charge is 2.22. The summed E-state index contributed by atoms with van der Waals surface area (Å²) < 4.78 is 16.6. The van der Waals surface area contributed by atoms with Crippen LogP contribution in [0.3, 0.4) is 0 Å². The minimum Gasteiger partial charge on any atom is -0.444 e. The van der Waals surface area contributed by atoms with Gasteiger partial charge in [0.25, 0.3) is 17.7 Å². The van der Waals surface area contributed by atoms with Crippen LogP contribution in [0.1, 0.15) is 72.6 Å². The van der Waals surface area contributed by atoms with E-state index in [1.54, 1.807) is 151 Å². The predicted octanol–water partition coefficient (Wildman–Crippen LogP) is 11.6. The third-order valence-electron chi connectivity index (χ3n) is 10.0. The molecule has 0 saturated heterocycles. The predicted molar refractivity (Wildman–Crippen MR) is 255 cm³/mol. The zero-order valence-corrected chi connectivity index (χ0v) is 36.9. The van der Waals surface area contributed by atoms with Crippen LogP contribution >= 0.6 is 0 Å². The van der Waals surface area contributed by atoms with Crippen LogP contribution in [-0.2, 0) is 9.47 Å². The molecular weight excluding hydrogens is 839 g/mol. The van der Waals surface area contributed by atoms with Crippen molar-refractivity contribution in [3.8, 4) is 33.4 Å². The van der Waals surface area contributed by atoms with Gasteiger partial charge < -0.3 is 29.8 Å². The lowest BCUT2D eigenvalue weighted by Gasteiger charge is -2.20. The van der Waals surface area contributed by atoms with Crippen molar-refractivity contribution < 1.29 is 37.9 Å². The summed E-state index contributed by atoms with van der Waals surface area (Å²) in [5.74, 6) is -1.51. The first-order chi connectivity index (χ1) is 31.3. The van der Waals surface area contributed by atoms with E-state index in [4.69, 9.17) is 13.9 Å². The second-order valence-corrected chi connectivity index (χ2v) is 17.6.